The largest absolute Gasteiger partial charge is 0.507 e. The number of aromatic hydroxyl groups is 1. The number of benzene rings is 2. The van der Waals surface area contributed by atoms with E-state index in [9.17, 15) is 18.3 Å². The quantitative estimate of drug-likeness (QED) is 0.703. The van der Waals surface area contributed by atoms with Crippen LogP contribution in [0.1, 0.15) is 10.4 Å². The molecule has 0 amide bonds. The molecule has 2 rings (SSSR count). The van der Waals surface area contributed by atoms with Crippen LogP contribution in [0.15, 0.2) is 53.4 Å². The van der Waals surface area contributed by atoms with Crippen molar-refractivity contribution in [1.29, 1.82) is 0 Å². The van der Waals surface area contributed by atoms with Gasteiger partial charge in [-0.2, -0.15) is 0 Å². The number of carbonyl (C=O) groups is 1. The molecule has 0 aromatic heterocycles. The van der Waals surface area contributed by atoms with E-state index in [1.54, 1.807) is 18.2 Å². The molecular formula is C15H15NO5S. The van der Waals surface area contributed by atoms with Crippen molar-refractivity contribution in [3.63, 3.8) is 0 Å². The van der Waals surface area contributed by atoms with Crippen LogP contribution in [0, 0.1) is 0 Å². The Morgan fingerprint density at radius 1 is 1.09 bits per heavy atom. The molecule has 0 saturated carbocycles. The highest BCUT2D eigenvalue weighted by Crippen LogP contribution is 2.21. The van der Waals surface area contributed by atoms with Gasteiger partial charge >= 0.3 is 5.97 Å². The van der Waals surface area contributed by atoms with Gasteiger partial charge in [-0.05, 0) is 30.3 Å². The Bertz CT molecular complexity index is 772. The molecule has 0 aliphatic rings. The summed E-state index contributed by atoms with van der Waals surface area (Å²) in [7, 11) is -3.39. The summed E-state index contributed by atoms with van der Waals surface area (Å²) in [5, 5.41) is 21.2. The molecule has 3 N–H and O–H groups in total. The van der Waals surface area contributed by atoms with Crippen LogP contribution in [-0.4, -0.2) is 36.9 Å². The van der Waals surface area contributed by atoms with E-state index in [4.69, 9.17) is 5.11 Å². The van der Waals surface area contributed by atoms with Gasteiger partial charge in [-0.3, -0.25) is 0 Å². The van der Waals surface area contributed by atoms with Crippen LogP contribution in [0.4, 0.5) is 5.69 Å². The van der Waals surface area contributed by atoms with Crippen molar-refractivity contribution >= 4 is 21.5 Å². The molecule has 6 nitrogen and oxygen atoms in total. The molecule has 116 valence electrons. The van der Waals surface area contributed by atoms with Crippen molar-refractivity contribution < 1.29 is 23.4 Å². The van der Waals surface area contributed by atoms with Crippen LogP contribution < -0.4 is 5.32 Å². The number of sulfone groups is 1. The van der Waals surface area contributed by atoms with E-state index in [2.05, 4.69) is 5.32 Å². The van der Waals surface area contributed by atoms with Gasteiger partial charge in [0.1, 0.15) is 11.3 Å². The first kappa shape index (κ1) is 15.8. The predicted octanol–water partition coefficient (Wildman–Crippen LogP) is 1.98. The van der Waals surface area contributed by atoms with Crippen molar-refractivity contribution in [1.82, 2.24) is 0 Å². The Hall–Kier alpha value is -2.54. The highest BCUT2D eigenvalue weighted by atomic mass is 32.2. The lowest BCUT2D eigenvalue weighted by atomic mass is 10.2. The van der Waals surface area contributed by atoms with E-state index in [1.807, 2.05) is 0 Å². The number of carboxylic acids is 1. The van der Waals surface area contributed by atoms with Crippen LogP contribution >= 0.6 is 0 Å². The zero-order valence-electron chi connectivity index (χ0n) is 11.6. The zero-order chi connectivity index (χ0) is 16.2. The third-order valence-corrected chi connectivity index (χ3v) is 4.76. The number of nitrogens with one attached hydrogen (secondary N) is 1. The summed E-state index contributed by atoms with van der Waals surface area (Å²) in [6.45, 7) is 0.126. The number of phenols is 1. The number of rotatable bonds is 6. The van der Waals surface area contributed by atoms with Crippen molar-refractivity contribution in [2.45, 2.75) is 4.90 Å². The van der Waals surface area contributed by atoms with Gasteiger partial charge in [0.15, 0.2) is 9.84 Å². The first-order valence-corrected chi connectivity index (χ1v) is 8.13. The average Bonchev–Trinajstić information content (AvgIpc) is 2.49. The summed E-state index contributed by atoms with van der Waals surface area (Å²) in [4.78, 5) is 11.2. The molecule has 0 unspecified atom stereocenters. The molecule has 0 bridgehead atoms. The topological polar surface area (TPSA) is 104 Å². The van der Waals surface area contributed by atoms with Gasteiger partial charge < -0.3 is 15.5 Å². The fourth-order valence-electron chi connectivity index (χ4n) is 1.89. The summed E-state index contributed by atoms with van der Waals surface area (Å²) < 4.78 is 24.2. The fourth-order valence-corrected chi connectivity index (χ4v) is 3.07. The Labute approximate surface area is 128 Å². The van der Waals surface area contributed by atoms with E-state index in [-0.39, 0.29) is 28.5 Å². The third-order valence-electron chi connectivity index (χ3n) is 3.03. The molecule has 0 spiro atoms. The molecule has 22 heavy (non-hydrogen) atoms. The van der Waals surface area contributed by atoms with Crippen LogP contribution in [0.3, 0.4) is 0 Å². The van der Waals surface area contributed by atoms with Crippen LogP contribution in [0.5, 0.6) is 5.75 Å². The lowest BCUT2D eigenvalue weighted by Crippen LogP contribution is -2.16. The van der Waals surface area contributed by atoms with Crippen LogP contribution in [0.2, 0.25) is 0 Å². The molecule has 2 aromatic carbocycles. The molecular weight excluding hydrogens is 306 g/mol. The van der Waals surface area contributed by atoms with Crippen molar-refractivity contribution in [3.05, 3.63) is 54.1 Å². The molecule has 0 aliphatic carbocycles. The molecule has 0 fully saturated rings. The van der Waals surface area contributed by atoms with Gasteiger partial charge in [0.2, 0.25) is 0 Å². The van der Waals surface area contributed by atoms with Gasteiger partial charge in [-0.15, -0.1) is 0 Å². The van der Waals surface area contributed by atoms with Gasteiger partial charge in [-0.1, -0.05) is 18.2 Å². The summed E-state index contributed by atoms with van der Waals surface area (Å²) >= 11 is 0. The van der Waals surface area contributed by atoms with Crippen molar-refractivity contribution in [2.75, 3.05) is 17.6 Å². The van der Waals surface area contributed by atoms with Crippen LogP contribution in [0.25, 0.3) is 0 Å². The number of hydrogen-bond donors (Lipinski definition) is 3. The Kier molecular flexibility index (Phi) is 4.67. The highest BCUT2D eigenvalue weighted by Gasteiger charge is 2.14. The highest BCUT2D eigenvalue weighted by molar-refractivity contribution is 7.91. The molecule has 0 heterocycles. The summed E-state index contributed by atoms with van der Waals surface area (Å²) in [5.74, 6) is -1.71. The molecule has 2 aromatic rings. The maximum atomic E-state index is 12.1. The molecule has 0 saturated heterocycles. The standard InChI is InChI=1S/C15H15NO5S/c17-14-7-6-11(10-13(14)15(18)19)16-8-9-22(20,21)12-4-2-1-3-5-12/h1-7,10,16-17H,8-9H2,(H,18,19). The minimum atomic E-state index is -3.39. The fraction of sp³-hybridized carbons (Fsp3) is 0.133. The first-order valence-electron chi connectivity index (χ1n) is 6.48. The SMILES string of the molecule is O=C(O)c1cc(NCCS(=O)(=O)c2ccccc2)ccc1O. The van der Waals surface area contributed by atoms with E-state index in [1.165, 1.54) is 30.3 Å². The zero-order valence-corrected chi connectivity index (χ0v) is 12.4. The lowest BCUT2D eigenvalue weighted by Gasteiger charge is -2.09. The summed E-state index contributed by atoms with van der Waals surface area (Å²) in [6, 6.07) is 12.1. The number of carboxylic acid groups (broad SMARTS) is 1. The Morgan fingerprint density at radius 3 is 2.41 bits per heavy atom. The lowest BCUT2D eigenvalue weighted by molar-refractivity contribution is 0.0694. The number of aromatic carboxylic acids is 1. The summed E-state index contributed by atoms with van der Waals surface area (Å²) in [5.41, 5.74) is 0.189. The minimum absolute atomic E-state index is 0.125. The maximum absolute atomic E-state index is 12.1. The number of anilines is 1. The van der Waals surface area contributed by atoms with Crippen molar-refractivity contribution in [3.8, 4) is 5.75 Å². The maximum Gasteiger partial charge on any atom is 0.339 e. The smallest absolute Gasteiger partial charge is 0.339 e. The Balaban J connectivity index is 2.03. The summed E-state index contributed by atoms with van der Waals surface area (Å²) in [6.07, 6.45) is 0. The Morgan fingerprint density at radius 2 is 1.77 bits per heavy atom. The van der Waals surface area contributed by atoms with E-state index in [0.29, 0.717) is 5.69 Å². The van der Waals surface area contributed by atoms with Gasteiger partial charge in [0.05, 0.1) is 10.6 Å². The average molecular weight is 321 g/mol. The second kappa shape index (κ2) is 6.48. The van der Waals surface area contributed by atoms with Crippen molar-refractivity contribution in [2.24, 2.45) is 0 Å². The van der Waals surface area contributed by atoms with Crippen LogP contribution in [-0.2, 0) is 9.84 Å². The second-order valence-corrected chi connectivity index (χ2v) is 6.70. The van der Waals surface area contributed by atoms with E-state index >= 15 is 0 Å². The normalized spacial score (nSPS) is 11.1. The van der Waals surface area contributed by atoms with Gasteiger partial charge in [0.25, 0.3) is 0 Å². The molecule has 0 aliphatic heterocycles. The minimum Gasteiger partial charge on any atom is -0.507 e. The predicted molar refractivity (Wildman–Crippen MR) is 82.1 cm³/mol. The molecule has 0 radical (unpaired) electrons. The number of hydrogen-bond acceptors (Lipinski definition) is 5. The third kappa shape index (κ3) is 3.76. The molecule has 7 heteroatoms. The van der Waals surface area contributed by atoms with E-state index in [0.717, 1.165) is 0 Å². The first-order chi connectivity index (χ1) is 10.4. The second-order valence-electron chi connectivity index (χ2n) is 4.60. The van der Waals surface area contributed by atoms with Gasteiger partial charge in [-0.25, -0.2) is 13.2 Å². The monoisotopic (exact) mass is 321 g/mol. The van der Waals surface area contributed by atoms with Gasteiger partial charge in [0, 0.05) is 12.2 Å². The molecule has 0 atom stereocenters. The van der Waals surface area contributed by atoms with E-state index < -0.39 is 15.8 Å².